The largest absolute Gasteiger partial charge is 0.383 e. The maximum Gasteiger partial charge on any atom is 0.225 e. The van der Waals surface area contributed by atoms with Gasteiger partial charge >= 0.3 is 0 Å². The zero-order chi connectivity index (χ0) is 17.7. The Morgan fingerprint density at radius 3 is 2.79 bits per heavy atom. The Morgan fingerprint density at radius 2 is 2.17 bits per heavy atom. The van der Waals surface area contributed by atoms with E-state index in [9.17, 15) is 9.59 Å². The van der Waals surface area contributed by atoms with Crippen LogP contribution < -0.4 is 5.32 Å². The molecule has 1 aliphatic heterocycles. The van der Waals surface area contributed by atoms with Gasteiger partial charge < -0.3 is 15.0 Å². The summed E-state index contributed by atoms with van der Waals surface area (Å²) >= 11 is 0. The van der Waals surface area contributed by atoms with Crippen LogP contribution in [0.5, 0.6) is 0 Å². The third-order valence-corrected chi connectivity index (χ3v) is 4.71. The van der Waals surface area contributed by atoms with Crippen molar-refractivity contribution in [3.63, 3.8) is 0 Å². The predicted molar refractivity (Wildman–Crippen MR) is 90.4 cm³/mol. The average Bonchev–Trinajstić information content (AvgIpc) is 2.85. The van der Waals surface area contributed by atoms with Gasteiger partial charge in [0.15, 0.2) is 0 Å². The fraction of sp³-hybridized carbons (Fsp3) is 0.706. The zero-order valence-electron chi connectivity index (χ0n) is 15.1. The summed E-state index contributed by atoms with van der Waals surface area (Å²) in [5.74, 6) is -0.0404. The lowest BCUT2D eigenvalue weighted by Crippen LogP contribution is -2.46. The number of piperidine rings is 1. The van der Waals surface area contributed by atoms with Crippen molar-refractivity contribution in [3.8, 4) is 0 Å². The standard InChI is InChI=1S/C17H28N4O3/c1-5-21-13(3)15(12(2)19-21)10-18-17(23)14-6-7-16(22)20(11-14)8-9-24-4/h14H,5-11H2,1-4H3,(H,18,23). The number of nitrogens with one attached hydrogen (secondary N) is 1. The molecule has 1 atom stereocenters. The second-order valence-corrected chi connectivity index (χ2v) is 6.25. The van der Waals surface area contributed by atoms with Crippen LogP contribution in [0.1, 0.15) is 36.7 Å². The number of hydrogen-bond acceptors (Lipinski definition) is 4. The number of hydrogen-bond donors (Lipinski definition) is 1. The number of likely N-dealkylation sites (tertiary alicyclic amines) is 1. The van der Waals surface area contributed by atoms with Crippen molar-refractivity contribution >= 4 is 11.8 Å². The first-order valence-electron chi connectivity index (χ1n) is 8.55. The smallest absolute Gasteiger partial charge is 0.225 e. The van der Waals surface area contributed by atoms with Gasteiger partial charge in [-0.3, -0.25) is 14.3 Å². The van der Waals surface area contributed by atoms with Gasteiger partial charge in [0.25, 0.3) is 0 Å². The SMILES string of the molecule is CCn1nc(C)c(CNC(=O)C2CCC(=O)N(CCOC)C2)c1C. The number of nitrogens with zero attached hydrogens (tertiary/aromatic N) is 3. The number of rotatable bonds is 7. The van der Waals surface area contributed by atoms with Crippen molar-refractivity contribution in [1.82, 2.24) is 20.0 Å². The van der Waals surface area contributed by atoms with Gasteiger partial charge in [-0.15, -0.1) is 0 Å². The van der Waals surface area contributed by atoms with Gasteiger partial charge in [-0.05, 0) is 27.2 Å². The van der Waals surface area contributed by atoms with Crippen molar-refractivity contribution in [2.75, 3.05) is 26.8 Å². The molecule has 1 aliphatic rings. The molecule has 0 aromatic carbocycles. The summed E-state index contributed by atoms with van der Waals surface area (Å²) in [7, 11) is 1.61. The second-order valence-electron chi connectivity index (χ2n) is 6.25. The molecule has 7 heteroatoms. The molecular formula is C17H28N4O3. The Balaban J connectivity index is 1.93. The normalized spacial score (nSPS) is 18.1. The Bertz CT molecular complexity index is 597. The molecule has 0 bridgehead atoms. The van der Waals surface area contributed by atoms with Crippen molar-refractivity contribution < 1.29 is 14.3 Å². The van der Waals surface area contributed by atoms with E-state index >= 15 is 0 Å². The lowest BCUT2D eigenvalue weighted by molar-refractivity contribution is -0.138. The first kappa shape index (κ1) is 18.4. The molecule has 1 N–H and O–H groups in total. The number of ether oxygens (including phenoxy) is 1. The average molecular weight is 336 g/mol. The summed E-state index contributed by atoms with van der Waals surface area (Å²) < 4.78 is 6.98. The van der Waals surface area contributed by atoms with Crippen molar-refractivity contribution in [2.45, 2.75) is 46.7 Å². The van der Waals surface area contributed by atoms with Gasteiger partial charge in [0.1, 0.15) is 0 Å². The van der Waals surface area contributed by atoms with Gasteiger partial charge in [-0.1, -0.05) is 0 Å². The second kappa shape index (κ2) is 8.28. The molecule has 0 aliphatic carbocycles. The summed E-state index contributed by atoms with van der Waals surface area (Å²) in [5.41, 5.74) is 3.12. The van der Waals surface area contributed by atoms with Crippen LogP contribution in [-0.4, -0.2) is 53.3 Å². The molecular weight excluding hydrogens is 308 g/mol. The third-order valence-electron chi connectivity index (χ3n) is 4.71. The number of methoxy groups -OCH3 is 1. The van der Waals surface area contributed by atoms with Crippen molar-refractivity contribution in [3.05, 3.63) is 17.0 Å². The molecule has 0 saturated carbocycles. The molecule has 1 aromatic rings. The molecule has 7 nitrogen and oxygen atoms in total. The van der Waals surface area contributed by atoms with Gasteiger partial charge in [0.05, 0.1) is 18.2 Å². The number of amides is 2. The van der Waals surface area contributed by atoms with E-state index in [1.54, 1.807) is 12.0 Å². The number of carbonyl (C=O) groups is 2. The molecule has 24 heavy (non-hydrogen) atoms. The van der Waals surface area contributed by atoms with Crippen LogP contribution in [-0.2, 0) is 27.4 Å². The monoisotopic (exact) mass is 336 g/mol. The molecule has 2 amide bonds. The van der Waals surface area contributed by atoms with E-state index < -0.39 is 0 Å². The minimum Gasteiger partial charge on any atom is -0.383 e. The molecule has 2 rings (SSSR count). The van der Waals surface area contributed by atoms with Gasteiger partial charge in [0.2, 0.25) is 11.8 Å². The summed E-state index contributed by atoms with van der Waals surface area (Å²) in [5, 5.41) is 7.49. The number of aryl methyl sites for hydroxylation is 2. The van der Waals surface area contributed by atoms with Gasteiger partial charge in [-0.2, -0.15) is 5.10 Å². The Labute approximate surface area is 143 Å². The Morgan fingerprint density at radius 1 is 1.42 bits per heavy atom. The molecule has 1 unspecified atom stereocenters. The summed E-state index contributed by atoms with van der Waals surface area (Å²) in [4.78, 5) is 26.1. The number of carbonyl (C=O) groups excluding carboxylic acids is 2. The molecule has 0 radical (unpaired) electrons. The lowest BCUT2D eigenvalue weighted by atomic mass is 9.96. The number of aromatic nitrogens is 2. The fourth-order valence-corrected chi connectivity index (χ4v) is 3.16. The fourth-order valence-electron chi connectivity index (χ4n) is 3.16. The Hall–Kier alpha value is -1.89. The molecule has 134 valence electrons. The van der Waals surface area contributed by atoms with E-state index in [-0.39, 0.29) is 17.7 Å². The van der Waals surface area contributed by atoms with E-state index in [1.807, 2.05) is 18.5 Å². The van der Waals surface area contributed by atoms with Crippen molar-refractivity contribution in [1.29, 1.82) is 0 Å². The van der Waals surface area contributed by atoms with Crippen LogP contribution in [0.2, 0.25) is 0 Å². The van der Waals surface area contributed by atoms with Crippen LogP contribution in [0, 0.1) is 19.8 Å². The quantitative estimate of drug-likeness (QED) is 0.806. The minimum absolute atomic E-state index is 0.00738. The minimum atomic E-state index is -0.151. The van der Waals surface area contributed by atoms with Crippen LogP contribution >= 0.6 is 0 Å². The predicted octanol–water partition coefficient (Wildman–Crippen LogP) is 1.02. The van der Waals surface area contributed by atoms with Gasteiger partial charge in [-0.25, -0.2) is 0 Å². The van der Waals surface area contributed by atoms with Crippen LogP contribution in [0.3, 0.4) is 0 Å². The maximum atomic E-state index is 12.5. The summed E-state index contributed by atoms with van der Waals surface area (Å²) in [6.45, 7) is 8.85. The highest BCUT2D eigenvalue weighted by Crippen LogP contribution is 2.18. The first-order valence-corrected chi connectivity index (χ1v) is 8.55. The third kappa shape index (κ3) is 4.14. The van der Waals surface area contributed by atoms with E-state index in [2.05, 4.69) is 17.3 Å². The van der Waals surface area contributed by atoms with Crippen LogP contribution in [0.4, 0.5) is 0 Å². The molecule has 1 saturated heterocycles. The van der Waals surface area contributed by atoms with E-state index in [4.69, 9.17) is 4.74 Å². The van der Waals surface area contributed by atoms with E-state index in [0.29, 0.717) is 39.1 Å². The zero-order valence-corrected chi connectivity index (χ0v) is 15.1. The molecule has 2 heterocycles. The molecule has 0 spiro atoms. The summed E-state index contributed by atoms with van der Waals surface area (Å²) in [6.07, 6.45) is 1.04. The van der Waals surface area contributed by atoms with Crippen molar-refractivity contribution in [2.24, 2.45) is 5.92 Å². The first-order chi connectivity index (χ1) is 11.5. The van der Waals surface area contributed by atoms with Gasteiger partial charge in [0, 0.05) is 51.0 Å². The van der Waals surface area contributed by atoms with E-state index in [0.717, 1.165) is 23.5 Å². The Kier molecular flexibility index (Phi) is 6.36. The molecule has 1 fully saturated rings. The maximum absolute atomic E-state index is 12.5. The highest BCUT2D eigenvalue weighted by molar-refractivity contribution is 5.83. The molecule has 1 aromatic heterocycles. The topological polar surface area (TPSA) is 76.5 Å². The van der Waals surface area contributed by atoms with E-state index in [1.165, 1.54) is 0 Å². The van der Waals surface area contributed by atoms with Crippen LogP contribution in [0.15, 0.2) is 0 Å². The highest BCUT2D eigenvalue weighted by atomic mass is 16.5. The van der Waals surface area contributed by atoms with Crippen LogP contribution in [0.25, 0.3) is 0 Å². The highest BCUT2D eigenvalue weighted by Gasteiger charge is 2.30. The summed E-state index contributed by atoms with van der Waals surface area (Å²) in [6, 6.07) is 0. The lowest BCUT2D eigenvalue weighted by Gasteiger charge is -2.31.